The van der Waals surface area contributed by atoms with Crippen LogP contribution in [0.25, 0.3) is 0 Å². The molecule has 2 rings (SSSR count). The molecule has 0 spiro atoms. The number of hydrogen-bond acceptors (Lipinski definition) is 3. The van der Waals surface area contributed by atoms with E-state index in [1.54, 1.807) is 24.3 Å². The molecule has 0 aliphatic rings. The standard InChI is InChI=1S/C15H14ClFN2O2/c1-10(8-11-4-2-3-5-14(11)17)18-12-6-7-13(16)15(9-12)19(20)21/h2-7,9-10,18H,8H2,1H3. The van der Waals surface area contributed by atoms with Crippen LogP contribution >= 0.6 is 11.6 Å². The van der Waals surface area contributed by atoms with E-state index in [0.717, 1.165) is 0 Å². The topological polar surface area (TPSA) is 55.2 Å². The summed E-state index contributed by atoms with van der Waals surface area (Å²) < 4.78 is 13.6. The largest absolute Gasteiger partial charge is 0.382 e. The van der Waals surface area contributed by atoms with Gasteiger partial charge in [0.05, 0.1) is 4.92 Å². The van der Waals surface area contributed by atoms with Crippen molar-refractivity contribution < 1.29 is 9.31 Å². The molecule has 0 saturated heterocycles. The normalized spacial score (nSPS) is 12.0. The Bertz CT molecular complexity index is 664. The zero-order valence-electron chi connectivity index (χ0n) is 11.3. The Morgan fingerprint density at radius 2 is 2.05 bits per heavy atom. The molecule has 0 aliphatic carbocycles. The Hall–Kier alpha value is -2.14. The molecule has 6 heteroatoms. The van der Waals surface area contributed by atoms with E-state index >= 15 is 0 Å². The zero-order chi connectivity index (χ0) is 15.4. The van der Waals surface area contributed by atoms with Gasteiger partial charge in [-0.1, -0.05) is 29.8 Å². The summed E-state index contributed by atoms with van der Waals surface area (Å²) in [6.45, 7) is 1.88. The molecular weight excluding hydrogens is 295 g/mol. The minimum Gasteiger partial charge on any atom is -0.382 e. The maximum Gasteiger partial charge on any atom is 0.289 e. The predicted molar refractivity (Wildman–Crippen MR) is 81.3 cm³/mol. The first-order chi connectivity index (χ1) is 9.97. The second-order valence-corrected chi connectivity index (χ2v) is 5.17. The van der Waals surface area contributed by atoms with E-state index in [4.69, 9.17) is 11.6 Å². The van der Waals surface area contributed by atoms with Crippen LogP contribution in [0.3, 0.4) is 0 Å². The molecule has 1 N–H and O–H groups in total. The highest BCUT2D eigenvalue weighted by molar-refractivity contribution is 6.32. The van der Waals surface area contributed by atoms with E-state index in [9.17, 15) is 14.5 Å². The minimum atomic E-state index is -0.533. The Balaban J connectivity index is 2.09. The van der Waals surface area contributed by atoms with Crippen molar-refractivity contribution in [3.05, 3.63) is 69.0 Å². The van der Waals surface area contributed by atoms with Gasteiger partial charge in [-0.15, -0.1) is 0 Å². The van der Waals surface area contributed by atoms with E-state index in [2.05, 4.69) is 5.32 Å². The highest BCUT2D eigenvalue weighted by atomic mass is 35.5. The van der Waals surface area contributed by atoms with Gasteiger partial charge < -0.3 is 5.32 Å². The van der Waals surface area contributed by atoms with Crippen LogP contribution in [0.15, 0.2) is 42.5 Å². The number of hydrogen-bond donors (Lipinski definition) is 1. The lowest BCUT2D eigenvalue weighted by Gasteiger charge is -2.15. The Kier molecular flexibility index (Phi) is 4.75. The fourth-order valence-electron chi connectivity index (χ4n) is 2.07. The molecule has 0 aliphatic heterocycles. The number of anilines is 1. The monoisotopic (exact) mass is 308 g/mol. The zero-order valence-corrected chi connectivity index (χ0v) is 12.1. The average molecular weight is 309 g/mol. The second-order valence-electron chi connectivity index (χ2n) is 4.76. The van der Waals surface area contributed by atoms with E-state index in [1.165, 1.54) is 18.2 Å². The van der Waals surface area contributed by atoms with Crippen molar-refractivity contribution in [3.8, 4) is 0 Å². The van der Waals surface area contributed by atoms with E-state index < -0.39 is 4.92 Å². The fourth-order valence-corrected chi connectivity index (χ4v) is 2.26. The van der Waals surface area contributed by atoms with Crippen LogP contribution < -0.4 is 5.32 Å². The molecule has 4 nitrogen and oxygen atoms in total. The van der Waals surface area contributed by atoms with Crippen LogP contribution in [0.5, 0.6) is 0 Å². The maximum atomic E-state index is 13.6. The number of nitro benzene ring substituents is 1. The third-order valence-corrected chi connectivity index (χ3v) is 3.36. The molecular formula is C15H14ClFN2O2. The van der Waals surface area contributed by atoms with E-state index in [-0.39, 0.29) is 22.6 Å². The summed E-state index contributed by atoms with van der Waals surface area (Å²) >= 11 is 5.76. The highest BCUT2D eigenvalue weighted by Gasteiger charge is 2.14. The van der Waals surface area contributed by atoms with Crippen molar-refractivity contribution in [2.75, 3.05) is 5.32 Å². The van der Waals surface area contributed by atoms with Crippen molar-refractivity contribution in [2.45, 2.75) is 19.4 Å². The molecule has 110 valence electrons. The molecule has 0 radical (unpaired) electrons. The first kappa shape index (κ1) is 15.3. The SMILES string of the molecule is CC(Cc1ccccc1F)Nc1ccc(Cl)c([N+](=O)[O-])c1. The van der Waals surface area contributed by atoms with Gasteiger partial charge in [-0.3, -0.25) is 10.1 Å². The minimum absolute atomic E-state index is 0.0809. The Morgan fingerprint density at radius 1 is 1.33 bits per heavy atom. The smallest absolute Gasteiger partial charge is 0.289 e. The number of nitrogens with zero attached hydrogens (tertiary/aromatic N) is 1. The first-order valence-electron chi connectivity index (χ1n) is 6.41. The van der Waals surface area contributed by atoms with Crippen molar-refractivity contribution in [2.24, 2.45) is 0 Å². The lowest BCUT2D eigenvalue weighted by Crippen LogP contribution is -2.18. The van der Waals surface area contributed by atoms with Gasteiger partial charge in [0.25, 0.3) is 5.69 Å². The predicted octanol–water partition coefficient (Wildman–Crippen LogP) is 4.43. The summed E-state index contributed by atoms with van der Waals surface area (Å²) in [6, 6.07) is 11.0. The second kappa shape index (κ2) is 6.54. The van der Waals surface area contributed by atoms with Gasteiger partial charge in [0.1, 0.15) is 10.8 Å². The molecule has 2 aromatic carbocycles. The van der Waals surface area contributed by atoms with Crippen molar-refractivity contribution in [1.82, 2.24) is 0 Å². The van der Waals surface area contributed by atoms with Crippen LogP contribution in [0, 0.1) is 15.9 Å². The van der Waals surface area contributed by atoms with Crippen LogP contribution in [-0.2, 0) is 6.42 Å². The number of rotatable bonds is 5. The number of nitro groups is 1. The Labute approximate surface area is 126 Å². The summed E-state index contributed by atoms with van der Waals surface area (Å²) in [5.41, 5.74) is 1.02. The summed E-state index contributed by atoms with van der Waals surface area (Å²) in [5, 5.41) is 14.0. The quantitative estimate of drug-likeness (QED) is 0.656. The summed E-state index contributed by atoms with van der Waals surface area (Å²) in [5.74, 6) is -0.256. The molecule has 0 heterocycles. The van der Waals surface area contributed by atoms with Gasteiger partial charge >= 0.3 is 0 Å². The first-order valence-corrected chi connectivity index (χ1v) is 6.79. The van der Waals surface area contributed by atoms with E-state index in [0.29, 0.717) is 17.7 Å². The maximum absolute atomic E-state index is 13.6. The number of halogens is 2. The highest BCUT2D eigenvalue weighted by Crippen LogP contribution is 2.27. The van der Waals surface area contributed by atoms with Gasteiger partial charge in [0.15, 0.2) is 0 Å². The van der Waals surface area contributed by atoms with Crippen molar-refractivity contribution >= 4 is 23.0 Å². The van der Waals surface area contributed by atoms with Gasteiger partial charge in [-0.2, -0.15) is 0 Å². The molecule has 2 aromatic rings. The third kappa shape index (κ3) is 3.92. The van der Waals surface area contributed by atoms with Gasteiger partial charge in [-0.25, -0.2) is 4.39 Å². The van der Waals surface area contributed by atoms with Gasteiger partial charge in [-0.05, 0) is 37.1 Å². The lowest BCUT2D eigenvalue weighted by atomic mass is 10.1. The molecule has 0 bridgehead atoms. The summed E-state index contributed by atoms with van der Waals surface area (Å²) in [7, 11) is 0. The summed E-state index contributed by atoms with van der Waals surface area (Å²) in [4.78, 5) is 10.3. The van der Waals surface area contributed by atoms with E-state index in [1.807, 2.05) is 6.92 Å². The van der Waals surface area contributed by atoms with Crippen LogP contribution in [-0.4, -0.2) is 11.0 Å². The van der Waals surface area contributed by atoms with Crippen molar-refractivity contribution in [1.29, 1.82) is 0 Å². The number of benzene rings is 2. The molecule has 0 aromatic heterocycles. The molecule has 0 amide bonds. The van der Waals surface area contributed by atoms with Crippen molar-refractivity contribution in [3.63, 3.8) is 0 Å². The van der Waals surface area contributed by atoms with Gasteiger partial charge in [0.2, 0.25) is 0 Å². The summed E-state index contributed by atoms with van der Waals surface area (Å²) in [6.07, 6.45) is 0.475. The number of nitrogens with one attached hydrogen (secondary N) is 1. The Morgan fingerprint density at radius 3 is 2.71 bits per heavy atom. The van der Waals surface area contributed by atoms with Crippen LogP contribution in [0.1, 0.15) is 12.5 Å². The van der Waals surface area contributed by atoms with Crippen LogP contribution in [0.4, 0.5) is 15.8 Å². The fraction of sp³-hybridized carbons (Fsp3) is 0.200. The molecule has 0 saturated carbocycles. The molecule has 1 unspecified atom stereocenters. The molecule has 0 fully saturated rings. The molecule has 1 atom stereocenters. The molecule has 21 heavy (non-hydrogen) atoms. The van der Waals surface area contributed by atoms with Gasteiger partial charge in [0, 0.05) is 17.8 Å². The average Bonchev–Trinajstić information content (AvgIpc) is 2.43. The lowest BCUT2D eigenvalue weighted by molar-refractivity contribution is -0.384. The van der Waals surface area contributed by atoms with Crippen LogP contribution in [0.2, 0.25) is 5.02 Å². The third-order valence-electron chi connectivity index (χ3n) is 3.04.